The minimum Gasteiger partial charge on any atom is -0.330 e. The van der Waals surface area contributed by atoms with Crippen LogP contribution in [0.2, 0.25) is 0 Å². The molecule has 24 heavy (non-hydrogen) atoms. The molecule has 0 saturated carbocycles. The number of alkyl halides is 2. The first-order chi connectivity index (χ1) is 11.5. The molecule has 0 N–H and O–H groups in total. The third kappa shape index (κ3) is 2.75. The quantitative estimate of drug-likeness (QED) is 0.779. The van der Waals surface area contributed by atoms with E-state index in [0.717, 1.165) is 4.68 Å². The molecule has 0 saturated heterocycles. The van der Waals surface area contributed by atoms with E-state index in [2.05, 4.69) is 5.10 Å². The molecule has 1 aromatic heterocycles. The molecule has 2 aromatic rings. The number of benzene rings is 1. The van der Waals surface area contributed by atoms with Gasteiger partial charge in [-0.15, -0.1) is 0 Å². The summed E-state index contributed by atoms with van der Waals surface area (Å²) in [6, 6.07) is 5.82. The molecule has 0 spiro atoms. The maximum Gasteiger partial charge on any atom is 0.335 e. The Hall–Kier alpha value is -3.10. The largest absolute Gasteiger partial charge is 0.335 e. The number of aromatic nitrogens is 2. The van der Waals surface area contributed by atoms with E-state index in [9.17, 15) is 23.2 Å². The number of nitrogens with zero attached hydrogens (tertiary/aromatic N) is 3. The second-order valence-corrected chi connectivity index (χ2v) is 5.01. The maximum absolute atomic E-state index is 13.1. The molecule has 1 aromatic carbocycles. The molecular formula is C15H11F2N3O4. The first-order valence-corrected chi connectivity index (χ1v) is 6.95. The highest BCUT2D eigenvalue weighted by molar-refractivity contribution is 6.20. The van der Waals surface area contributed by atoms with Crippen molar-refractivity contribution in [2.45, 2.75) is 18.9 Å². The van der Waals surface area contributed by atoms with Crippen molar-refractivity contribution >= 4 is 17.8 Å². The number of imide groups is 1. The SMILES string of the molecule is O=C(CC(C(F)F)n1cccn1)ON1C(=O)c2ccccc2C1=O. The zero-order valence-electron chi connectivity index (χ0n) is 12.1. The van der Waals surface area contributed by atoms with E-state index >= 15 is 0 Å². The fraction of sp³-hybridized carbons (Fsp3) is 0.200. The van der Waals surface area contributed by atoms with Crippen molar-refractivity contribution in [3.05, 3.63) is 53.9 Å². The Morgan fingerprint density at radius 1 is 1.12 bits per heavy atom. The van der Waals surface area contributed by atoms with Gasteiger partial charge in [-0.25, -0.2) is 13.6 Å². The van der Waals surface area contributed by atoms with Crippen molar-refractivity contribution in [3.63, 3.8) is 0 Å². The van der Waals surface area contributed by atoms with Gasteiger partial charge < -0.3 is 4.84 Å². The van der Waals surface area contributed by atoms with Gasteiger partial charge in [0, 0.05) is 12.4 Å². The predicted molar refractivity (Wildman–Crippen MR) is 74.9 cm³/mol. The van der Waals surface area contributed by atoms with Crippen molar-refractivity contribution in [2.24, 2.45) is 0 Å². The van der Waals surface area contributed by atoms with Crippen molar-refractivity contribution < 1.29 is 28.0 Å². The van der Waals surface area contributed by atoms with E-state index in [4.69, 9.17) is 4.84 Å². The molecule has 9 heteroatoms. The summed E-state index contributed by atoms with van der Waals surface area (Å²) in [7, 11) is 0. The Morgan fingerprint density at radius 2 is 1.75 bits per heavy atom. The van der Waals surface area contributed by atoms with Crippen LogP contribution in [-0.2, 0) is 9.63 Å². The number of carbonyl (C=O) groups is 3. The molecule has 3 rings (SSSR count). The maximum atomic E-state index is 13.1. The average molecular weight is 335 g/mol. The zero-order valence-corrected chi connectivity index (χ0v) is 12.1. The van der Waals surface area contributed by atoms with Crippen LogP contribution in [0.5, 0.6) is 0 Å². The number of hydroxylamine groups is 2. The standard InChI is InChI=1S/C15H11F2N3O4/c16-13(17)11(19-7-3-6-18-19)8-12(21)24-20-14(22)9-4-1-2-5-10(9)15(20)23/h1-7,11,13H,8H2. The second kappa shape index (κ2) is 6.19. The Bertz CT molecular complexity index is 757. The molecule has 2 amide bonds. The summed E-state index contributed by atoms with van der Waals surface area (Å²) in [6.45, 7) is 0. The second-order valence-electron chi connectivity index (χ2n) is 5.01. The van der Waals surface area contributed by atoms with Crippen LogP contribution in [0, 0.1) is 0 Å². The van der Waals surface area contributed by atoms with E-state index in [1.165, 1.54) is 30.6 Å². The van der Waals surface area contributed by atoms with Gasteiger partial charge in [-0.1, -0.05) is 17.2 Å². The number of hydrogen-bond acceptors (Lipinski definition) is 5. The van der Waals surface area contributed by atoms with Gasteiger partial charge in [0.15, 0.2) is 0 Å². The molecule has 0 bridgehead atoms. The third-order valence-corrected chi connectivity index (χ3v) is 3.48. The number of fused-ring (bicyclic) bond motifs is 1. The molecule has 1 aliphatic heterocycles. The Labute approximate surface area is 134 Å². The molecule has 7 nitrogen and oxygen atoms in total. The van der Waals surface area contributed by atoms with Crippen LogP contribution in [0.3, 0.4) is 0 Å². The van der Waals surface area contributed by atoms with Crippen molar-refractivity contribution in [1.82, 2.24) is 14.8 Å². The first-order valence-electron chi connectivity index (χ1n) is 6.95. The minimum absolute atomic E-state index is 0.0905. The molecule has 0 radical (unpaired) electrons. The van der Waals surface area contributed by atoms with Crippen LogP contribution in [0.4, 0.5) is 8.78 Å². The summed E-state index contributed by atoms with van der Waals surface area (Å²) in [5.74, 6) is -2.75. The fourth-order valence-corrected chi connectivity index (χ4v) is 2.33. The topological polar surface area (TPSA) is 81.5 Å². The van der Waals surface area contributed by atoms with Gasteiger partial charge >= 0.3 is 5.97 Å². The monoisotopic (exact) mass is 335 g/mol. The fourth-order valence-electron chi connectivity index (χ4n) is 2.33. The van der Waals surface area contributed by atoms with Crippen LogP contribution < -0.4 is 0 Å². The molecule has 1 aliphatic rings. The van der Waals surface area contributed by atoms with Crippen molar-refractivity contribution in [3.8, 4) is 0 Å². The Morgan fingerprint density at radius 3 is 2.25 bits per heavy atom. The number of halogens is 2. The summed E-state index contributed by atoms with van der Waals surface area (Å²) in [5, 5.41) is 3.96. The van der Waals surface area contributed by atoms with Gasteiger partial charge in [0.2, 0.25) is 0 Å². The summed E-state index contributed by atoms with van der Waals surface area (Å²) >= 11 is 0. The molecule has 124 valence electrons. The average Bonchev–Trinajstić information content (AvgIpc) is 3.16. The molecule has 2 heterocycles. The van der Waals surface area contributed by atoms with Gasteiger partial charge in [0.25, 0.3) is 18.2 Å². The summed E-state index contributed by atoms with van der Waals surface area (Å²) < 4.78 is 27.1. The summed E-state index contributed by atoms with van der Waals surface area (Å²) in [4.78, 5) is 40.7. The van der Waals surface area contributed by atoms with Crippen LogP contribution in [-0.4, -0.2) is 39.1 Å². The minimum atomic E-state index is -2.88. The molecular weight excluding hydrogens is 324 g/mol. The van der Waals surface area contributed by atoms with E-state index < -0.39 is 36.7 Å². The van der Waals surface area contributed by atoms with Gasteiger partial charge in [-0.3, -0.25) is 14.3 Å². The van der Waals surface area contributed by atoms with Gasteiger partial charge in [-0.2, -0.15) is 5.10 Å². The van der Waals surface area contributed by atoms with Crippen LogP contribution in [0.1, 0.15) is 33.2 Å². The highest BCUT2D eigenvalue weighted by Crippen LogP contribution is 2.25. The molecule has 1 atom stereocenters. The van der Waals surface area contributed by atoms with Gasteiger partial charge in [0.05, 0.1) is 17.5 Å². The lowest BCUT2D eigenvalue weighted by Gasteiger charge is -2.17. The lowest BCUT2D eigenvalue weighted by molar-refractivity contribution is -0.170. The van der Waals surface area contributed by atoms with Gasteiger partial charge in [-0.05, 0) is 18.2 Å². The summed E-state index contributed by atoms with van der Waals surface area (Å²) in [5.41, 5.74) is 0.181. The van der Waals surface area contributed by atoms with E-state index in [1.54, 1.807) is 12.1 Å². The Kier molecular flexibility index (Phi) is 4.07. The van der Waals surface area contributed by atoms with Crippen LogP contribution in [0.25, 0.3) is 0 Å². The lowest BCUT2D eigenvalue weighted by atomic mass is 10.1. The molecule has 0 aliphatic carbocycles. The first kappa shape index (κ1) is 15.8. The van der Waals surface area contributed by atoms with E-state index in [-0.39, 0.29) is 11.1 Å². The Balaban J connectivity index is 1.72. The van der Waals surface area contributed by atoms with Gasteiger partial charge in [0.1, 0.15) is 6.04 Å². The van der Waals surface area contributed by atoms with Crippen LogP contribution in [0.15, 0.2) is 42.7 Å². The number of rotatable bonds is 5. The molecule has 1 unspecified atom stereocenters. The summed E-state index contributed by atoms with van der Waals surface area (Å²) in [6.07, 6.45) is -1.04. The third-order valence-electron chi connectivity index (χ3n) is 3.48. The predicted octanol–water partition coefficient (Wildman–Crippen LogP) is 1.83. The number of amides is 2. The lowest BCUT2D eigenvalue weighted by Crippen LogP contribution is -2.34. The number of hydrogen-bond donors (Lipinski definition) is 0. The van der Waals surface area contributed by atoms with Crippen LogP contribution >= 0.6 is 0 Å². The van der Waals surface area contributed by atoms with Crippen molar-refractivity contribution in [1.29, 1.82) is 0 Å². The number of carbonyl (C=O) groups excluding carboxylic acids is 3. The smallest absolute Gasteiger partial charge is 0.330 e. The normalized spacial score (nSPS) is 14.9. The van der Waals surface area contributed by atoms with E-state index in [1.807, 2.05) is 0 Å². The highest BCUT2D eigenvalue weighted by atomic mass is 19.3. The molecule has 0 fully saturated rings. The van der Waals surface area contributed by atoms with Crippen molar-refractivity contribution in [2.75, 3.05) is 0 Å². The van der Waals surface area contributed by atoms with E-state index in [0.29, 0.717) is 5.06 Å². The highest BCUT2D eigenvalue weighted by Gasteiger charge is 2.39. The zero-order chi connectivity index (χ0) is 17.3.